The van der Waals surface area contributed by atoms with Gasteiger partial charge >= 0.3 is 0 Å². The summed E-state index contributed by atoms with van der Waals surface area (Å²) < 4.78 is 26.8. The molecule has 0 aromatic heterocycles. The lowest BCUT2D eigenvalue weighted by molar-refractivity contribution is -0.114. The van der Waals surface area contributed by atoms with Gasteiger partial charge in [-0.15, -0.1) is 0 Å². The lowest BCUT2D eigenvalue weighted by Gasteiger charge is -2.02. The van der Waals surface area contributed by atoms with Gasteiger partial charge in [-0.05, 0) is 19.4 Å². The third-order valence-corrected chi connectivity index (χ3v) is 2.65. The number of hydrogen-bond acceptors (Lipinski definition) is 4. The SMILES string of the molecule is CC=CC(=O)CCS(=O)(=O)OCCC. The zero-order valence-electron chi connectivity index (χ0n) is 8.52. The highest BCUT2D eigenvalue weighted by atomic mass is 32.2. The molecule has 0 aliphatic carbocycles. The van der Waals surface area contributed by atoms with Crippen LogP contribution < -0.4 is 0 Å². The summed E-state index contributed by atoms with van der Waals surface area (Å²) in [5, 5.41) is 0. The zero-order chi connectivity index (χ0) is 11.0. The maximum Gasteiger partial charge on any atom is 0.267 e. The molecule has 0 aliphatic rings. The maximum atomic E-state index is 11.1. The van der Waals surface area contributed by atoms with Crippen LogP contribution in [0.25, 0.3) is 0 Å². The molecule has 0 N–H and O–H groups in total. The Morgan fingerprint density at radius 3 is 2.57 bits per heavy atom. The smallest absolute Gasteiger partial charge is 0.267 e. The fraction of sp³-hybridized carbons (Fsp3) is 0.667. The minimum atomic E-state index is -3.51. The van der Waals surface area contributed by atoms with E-state index >= 15 is 0 Å². The van der Waals surface area contributed by atoms with Gasteiger partial charge < -0.3 is 0 Å². The highest BCUT2D eigenvalue weighted by Crippen LogP contribution is 1.99. The van der Waals surface area contributed by atoms with Crippen LogP contribution in [0.1, 0.15) is 26.7 Å². The van der Waals surface area contributed by atoms with E-state index in [1.807, 2.05) is 6.92 Å². The van der Waals surface area contributed by atoms with Crippen molar-refractivity contribution < 1.29 is 17.4 Å². The summed E-state index contributed by atoms with van der Waals surface area (Å²) in [5.41, 5.74) is 0. The van der Waals surface area contributed by atoms with Gasteiger partial charge in [-0.2, -0.15) is 8.42 Å². The first-order valence-corrected chi connectivity index (χ1v) is 6.12. The average Bonchev–Trinajstić information content (AvgIpc) is 2.13. The quantitative estimate of drug-likeness (QED) is 0.479. The van der Waals surface area contributed by atoms with Gasteiger partial charge in [0.25, 0.3) is 10.1 Å². The molecule has 0 radical (unpaired) electrons. The predicted octanol–water partition coefficient (Wildman–Crippen LogP) is 1.28. The fourth-order valence-corrected chi connectivity index (χ4v) is 1.75. The largest absolute Gasteiger partial charge is 0.295 e. The highest BCUT2D eigenvalue weighted by Gasteiger charge is 2.12. The molecule has 0 atom stereocenters. The first kappa shape index (κ1) is 13.3. The molecule has 0 bridgehead atoms. The van der Waals surface area contributed by atoms with Gasteiger partial charge in [0, 0.05) is 6.42 Å². The monoisotopic (exact) mass is 220 g/mol. The second-order valence-electron chi connectivity index (χ2n) is 2.80. The van der Waals surface area contributed by atoms with Crippen LogP contribution in [0.4, 0.5) is 0 Å². The number of ketones is 1. The van der Waals surface area contributed by atoms with Crippen molar-refractivity contribution in [3.8, 4) is 0 Å². The van der Waals surface area contributed by atoms with E-state index in [0.29, 0.717) is 6.42 Å². The molecule has 0 rings (SSSR count). The van der Waals surface area contributed by atoms with E-state index in [2.05, 4.69) is 4.18 Å². The Morgan fingerprint density at radius 2 is 2.07 bits per heavy atom. The molecular formula is C9H16O4S. The molecule has 0 fully saturated rings. The first-order chi connectivity index (χ1) is 6.52. The molecule has 0 aromatic carbocycles. The minimum absolute atomic E-state index is 0.0175. The molecule has 0 heterocycles. The zero-order valence-corrected chi connectivity index (χ0v) is 9.34. The van der Waals surface area contributed by atoms with Crippen LogP contribution in [0.15, 0.2) is 12.2 Å². The average molecular weight is 220 g/mol. The molecular weight excluding hydrogens is 204 g/mol. The third kappa shape index (κ3) is 6.80. The van der Waals surface area contributed by atoms with E-state index in [0.717, 1.165) is 0 Å². The van der Waals surface area contributed by atoms with E-state index in [4.69, 9.17) is 0 Å². The van der Waals surface area contributed by atoms with Crippen LogP contribution >= 0.6 is 0 Å². The summed E-state index contributed by atoms with van der Waals surface area (Å²) in [6.45, 7) is 3.71. The van der Waals surface area contributed by atoms with Gasteiger partial charge in [-0.3, -0.25) is 8.98 Å². The van der Waals surface area contributed by atoms with E-state index < -0.39 is 10.1 Å². The van der Waals surface area contributed by atoms with Crippen LogP contribution in [-0.4, -0.2) is 26.6 Å². The summed E-state index contributed by atoms with van der Waals surface area (Å²) >= 11 is 0. The van der Waals surface area contributed by atoms with Gasteiger partial charge in [0.2, 0.25) is 0 Å². The molecule has 82 valence electrons. The number of hydrogen-bond donors (Lipinski definition) is 0. The lowest BCUT2D eigenvalue weighted by atomic mass is 10.3. The van der Waals surface area contributed by atoms with Crippen molar-refractivity contribution in [3.63, 3.8) is 0 Å². The number of allylic oxidation sites excluding steroid dienone is 2. The summed E-state index contributed by atoms with van der Waals surface area (Å²) in [6.07, 6.45) is 3.57. The van der Waals surface area contributed by atoms with Gasteiger partial charge in [-0.25, -0.2) is 0 Å². The molecule has 0 saturated carbocycles. The van der Waals surface area contributed by atoms with Crippen LogP contribution in [0.5, 0.6) is 0 Å². The lowest BCUT2D eigenvalue weighted by Crippen LogP contribution is -2.13. The van der Waals surface area contributed by atoms with Crippen molar-refractivity contribution in [2.45, 2.75) is 26.7 Å². The number of rotatable bonds is 7. The molecule has 0 unspecified atom stereocenters. The normalized spacial score (nSPS) is 12.1. The van der Waals surface area contributed by atoms with Gasteiger partial charge in [-0.1, -0.05) is 13.0 Å². The van der Waals surface area contributed by atoms with E-state index in [1.54, 1.807) is 13.0 Å². The Morgan fingerprint density at radius 1 is 1.43 bits per heavy atom. The van der Waals surface area contributed by atoms with E-state index in [9.17, 15) is 13.2 Å². The summed E-state index contributed by atoms with van der Waals surface area (Å²) in [4.78, 5) is 11.0. The number of carbonyl (C=O) groups excluding carboxylic acids is 1. The molecule has 0 spiro atoms. The molecule has 0 aliphatic heterocycles. The predicted molar refractivity (Wildman–Crippen MR) is 54.5 cm³/mol. The van der Waals surface area contributed by atoms with Crippen LogP contribution in [0.2, 0.25) is 0 Å². The molecule has 14 heavy (non-hydrogen) atoms. The van der Waals surface area contributed by atoms with Crippen molar-refractivity contribution in [3.05, 3.63) is 12.2 Å². The topological polar surface area (TPSA) is 60.4 Å². The summed E-state index contributed by atoms with van der Waals surface area (Å²) in [7, 11) is -3.51. The molecule has 4 nitrogen and oxygen atoms in total. The van der Waals surface area contributed by atoms with Crippen molar-refractivity contribution in [2.75, 3.05) is 12.4 Å². The molecule has 0 amide bonds. The number of carbonyl (C=O) groups is 1. The fourth-order valence-electron chi connectivity index (χ4n) is 0.764. The van der Waals surface area contributed by atoms with Crippen molar-refractivity contribution >= 4 is 15.9 Å². The highest BCUT2D eigenvalue weighted by molar-refractivity contribution is 7.86. The van der Waals surface area contributed by atoms with Crippen molar-refractivity contribution in [2.24, 2.45) is 0 Å². The minimum Gasteiger partial charge on any atom is -0.295 e. The first-order valence-electron chi connectivity index (χ1n) is 4.54. The van der Waals surface area contributed by atoms with Crippen LogP contribution in [0, 0.1) is 0 Å². The maximum absolute atomic E-state index is 11.1. The second-order valence-corrected chi connectivity index (χ2v) is 4.56. The van der Waals surface area contributed by atoms with E-state index in [-0.39, 0.29) is 24.6 Å². The molecule has 5 heteroatoms. The Labute approximate surface area is 85.1 Å². The van der Waals surface area contributed by atoms with Gasteiger partial charge in [0.1, 0.15) is 0 Å². The second kappa shape index (κ2) is 6.73. The van der Waals surface area contributed by atoms with Gasteiger partial charge in [0.15, 0.2) is 5.78 Å². The summed E-state index contributed by atoms with van der Waals surface area (Å²) in [6, 6.07) is 0. The van der Waals surface area contributed by atoms with Crippen molar-refractivity contribution in [1.29, 1.82) is 0 Å². The van der Waals surface area contributed by atoms with Crippen LogP contribution in [-0.2, 0) is 19.1 Å². The van der Waals surface area contributed by atoms with E-state index in [1.165, 1.54) is 6.08 Å². The Bertz CT molecular complexity index is 290. The Hall–Kier alpha value is -0.680. The molecule has 0 saturated heterocycles. The van der Waals surface area contributed by atoms with Crippen molar-refractivity contribution in [1.82, 2.24) is 0 Å². The molecule has 0 aromatic rings. The Kier molecular flexibility index (Phi) is 6.40. The van der Waals surface area contributed by atoms with Crippen LogP contribution in [0.3, 0.4) is 0 Å². The Balaban J connectivity index is 3.93. The standard InChI is InChI=1S/C9H16O4S/c1-3-5-9(10)6-8-14(11,12)13-7-4-2/h3,5H,4,6-8H2,1-2H3. The van der Waals surface area contributed by atoms with Gasteiger partial charge in [0.05, 0.1) is 12.4 Å². The summed E-state index contributed by atoms with van der Waals surface area (Å²) in [5.74, 6) is -0.438. The third-order valence-electron chi connectivity index (χ3n) is 1.42.